The highest BCUT2D eigenvalue weighted by Gasteiger charge is 2.62. The Hall–Kier alpha value is -1.34. The van der Waals surface area contributed by atoms with Gasteiger partial charge in [-0.1, -0.05) is 44.5 Å². The molecule has 2 aliphatic carbocycles. The third-order valence-corrected chi connectivity index (χ3v) is 10.9. The molecule has 1 unspecified atom stereocenters. The maximum atomic E-state index is 6.62. The highest BCUT2D eigenvalue weighted by Crippen LogP contribution is 2.52. The summed E-state index contributed by atoms with van der Waals surface area (Å²) in [7, 11) is -1.87. The Morgan fingerprint density at radius 3 is 2.57 bits per heavy atom. The van der Waals surface area contributed by atoms with Gasteiger partial charge in [0.1, 0.15) is 11.7 Å². The van der Waals surface area contributed by atoms with Gasteiger partial charge in [-0.15, -0.1) is 0 Å². The summed E-state index contributed by atoms with van der Waals surface area (Å²) in [6.45, 7) is 15.7. The molecule has 2 saturated heterocycles. The van der Waals surface area contributed by atoms with Gasteiger partial charge in [0, 0.05) is 23.6 Å². The van der Waals surface area contributed by atoms with E-state index in [1.165, 1.54) is 0 Å². The number of hydrogen-bond acceptors (Lipinski definition) is 4. The second-order valence-electron chi connectivity index (χ2n) is 10.0. The monoisotopic (exact) mass is 398 g/mol. The molecule has 4 nitrogen and oxygen atoms in total. The summed E-state index contributed by atoms with van der Waals surface area (Å²) in [6, 6.07) is 0. The van der Waals surface area contributed by atoms with Crippen molar-refractivity contribution in [1.29, 1.82) is 0 Å². The molecule has 150 valence electrons. The second-order valence-corrected chi connectivity index (χ2v) is 14.8. The molecule has 2 aliphatic heterocycles. The summed E-state index contributed by atoms with van der Waals surface area (Å²) < 4.78 is 24.3. The Kier molecular flexibility index (Phi) is 4.51. The van der Waals surface area contributed by atoms with Gasteiger partial charge in [-0.2, -0.15) is 0 Å². The first kappa shape index (κ1) is 20.0. The van der Waals surface area contributed by atoms with Crippen LogP contribution < -0.4 is 0 Å². The van der Waals surface area contributed by atoms with Crippen molar-refractivity contribution in [2.24, 2.45) is 0 Å². The van der Waals surface area contributed by atoms with Crippen molar-refractivity contribution in [1.82, 2.24) is 0 Å². The van der Waals surface area contributed by atoms with Gasteiger partial charge in [0.15, 0.2) is 20.2 Å². The maximum Gasteiger partial charge on any atom is 0.192 e. The van der Waals surface area contributed by atoms with E-state index in [2.05, 4.69) is 63.6 Å². The summed E-state index contributed by atoms with van der Waals surface area (Å²) in [6.07, 6.45) is 4.57. The fourth-order valence-corrected chi connectivity index (χ4v) is 4.90. The Balaban J connectivity index is 1.58. The predicted octanol–water partition coefficient (Wildman–Crippen LogP) is 3.94. The first-order chi connectivity index (χ1) is 12.9. The molecule has 0 aromatic rings. The molecule has 0 amide bonds. The van der Waals surface area contributed by atoms with Crippen LogP contribution in [-0.4, -0.2) is 44.6 Å². The van der Waals surface area contributed by atoms with E-state index in [4.69, 9.17) is 18.6 Å². The van der Waals surface area contributed by atoms with Gasteiger partial charge in [0.05, 0.1) is 12.7 Å². The minimum atomic E-state index is -1.87. The van der Waals surface area contributed by atoms with Crippen molar-refractivity contribution in [2.45, 2.75) is 88.9 Å². The lowest BCUT2D eigenvalue weighted by molar-refractivity contribution is -0.133. The standard InChI is InChI=1S/C23H30O4Si/c1-21(2,3)28(6,7)27-18-13-17-12-11-16(19-15-24-22(4,5)25-19)9-8-10-20-23(17,14-18)26-20/h9,13,18-20H,14-15H2,1-7H3/b16-9+/t18-,19?,20+,23-/m1/s1. The molecule has 0 aromatic heterocycles. The van der Waals surface area contributed by atoms with Crippen LogP contribution >= 0.6 is 0 Å². The van der Waals surface area contributed by atoms with E-state index in [-0.39, 0.29) is 29.0 Å². The molecule has 4 aliphatic rings. The van der Waals surface area contributed by atoms with E-state index in [1.807, 2.05) is 19.9 Å². The summed E-state index contributed by atoms with van der Waals surface area (Å²) in [5.74, 6) is 12.4. The van der Waals surface area contributed by atoms with Crippen LogP contribution in [0.5, 0.6) is 0 Å². The van der Waals surface area contributed by atoms with Crippen LogP contribution in [-0.2, 0) is 18.6 Å². The number of ether oxygens (including phenoxy) is 3. The van der Waals surface area contributed by atoms with Crippen molar-refractivity contribution in [2.75, 3.05) is 6.61 Å². The third kappa shape index (κ3) is 3.51. The topological polar surface area (TPSA) is 40.2 Å². The molecular formula is C23H30O4Si. The van der Waals surface area contributed by atoms with Crippen molar-refractivity contribution < 1.29 is 18.6 Å². The van der Waals surface area contributed by atoms with Gasteiger partial charge in [-0.05, 0) is 38.1 Å². The van der Waals surface area contributed by atoms with E-state index in [9.17, 15) is 0 Å². The molecule has 0 bridgehead atoms. The van der Waals surface area contributed by atoms with E-state index in [0.29, 0.717) is 6.61 Å². The molecule has 2 fully saturated rings. The van der Waals surface area contributed by atoms with Crippen LogP contribution in [0.15, 0.2) is 23.3 Å². The first-order valence-electron chi connectivity index (χ1n) is 10.0. The zero-order valence-corrected chi connectivity index (χ0v) is 18.9. The fraction of sp³-hybridized carbons (Fsp3) is 0.652. The maximum absolute atomic E-state index is 6.62. The quantitative estimate of drug-likeness (QED) is 0.410. The van der Waals surface area contributed by atoms with Crippen molar-refractivity contribution in [3.05, 3.63) is 23.3 Å². The van der Waals surface area contributed by atoms with Crippen LogP contribution in [0, 0.1) is 23.7 Å². The lowest BCUT2D eigenvalue weighted by Gasteiger charge is -2.38. The van der Waals surface area contributed by atoms with Gasteiger partial charge >= 0.3 is 0 Å². The average molecular weight is 399 g/mol. The Labute approximate surface area is 169 Å². The largest absolute Gasteiger partial charge is 0.410 e. The smallest absolute Gasteiger partial charge is 0.192 e. The van der Waals surface area contributed by atoms with Crippen LogP contribution in [0.2, 0.25) is 18.1 Å². The number of epoxide rings is 1. The summed E-state index contributed by atoms with van der Waals surface area (Å²) in [5.41, 5.74) is 1.48. The third-order valence-electron chi connectivity index (χ3n) is 6.40. The van der Waals surface area contributed by atoms with Crippen molar-refractivity contribution in [3.63, 3.8) is 0 Å². The molecular weight excluding hydrogens is 368 g/mol. The first-order valence-corrected chi connectivity index (χ1v) is 13.0. The zero-order valence-electron chi connectivity index (χ0n) is 17.9. The predicted molar refractivity (Wildman–Crippen MR) is 111 cm³/mol. The van der Waals surface area contributed by atoms with Gasteiger partial charge < -0.3 is 18.6 Å². The van der Waals surface area contributed by atoms with Crippen LogP contribution in [0.3, 0.4) is 0 Å². The number of allylic oxidation sites excluding steroid dienone is 1. The zero-order chi connectivity index (χ0) is 20.4. The average Bonchev–Trinajstić information content (AvgIpc) is 2.91. The van der Waals surface area contributed by atoms with E-state index in [0.717, 1.165) is 17.6 Å². The van der Waals surface area contributed by atoms with Crippen molar-refractivity contribution in [3.8, 4) is 23.7 Å². The second kappa shape index (κ2) is 6.33. The highest BCUT2D eigenvalue weighted by atomic mass is 28.4. The summed E-state index contributed by atoms with van der Waals surface area (Å²) in [5, 5.41) is 0.167. The van der Waals surface area contributed by atoms with Crippen LogP contribution in [0.4, 0.5) is 0 Å². The SMILES string of the molecule is CC1(C)OCC(/C2=C/C#C[C@@H]3O[C@@]34C[C@H](O[Si](C)(C)C(C)(C)C)C=C4C#C2)O1. The minimum Gasteiger partial charge on any atom is -0.410 e. The van der Waals surface area contributed by atoms with Gasteiger partial charge in [-0.25, -0.2) is 0 Å². The van der Waals surface area contributed by atoms with Gasteiger partial charge in [0.2, 0.25) is 0 Å². The van der Waals surface area contributed by atoms with E-state index in [1.54, 1.807) is 0 Å². The number of hydrogen-bond donors (Lipinski definition) is 0. The van der Waals surface area contributed by atoms with Crippen LogP contribution in [0.25, 0.3) is 0 Å². The van der Waals surface area contributed by atoms with Crippen LogP contribution in [0.1, 0.15) is 41.0 Å². The molecule has 4 atom stereocenters. The molecule has 0 radical (unpaired) electrons. The molecule has 5 heteroatoms. The lowest BCUT2D eigenvalue weighted by Crippen LogP contribution is -2.43. The van der Waals surface area contributed by atoms with E-state index >= 15 is 0 Å². The Bertz CT molecular complexity index is 868. The molecule has 4 rings (SSSR count). The molecule has 1 spiro atoms. The molecule has 0 aromatic carbocycles. The Morgan fingerprint density at radius 2 is 1.93 bits per heavy atom. The van der Waals surface area contributed by atoms with Gasteiger partial charge in [-0.3, -0.25) is 0 Å². The molecule has 28 heavy (non-hydrogen) atoms. The highest BCUT2D eigenvalue weighted by molar-refractivity contribution is 6.74. The van der Waals surface area contributed by atoms with Gasteiger partial charge in [0.25, 0.3) is 0 Å². The molecule has 0 N–H and O–H groups in total. The van der Waals surface area contributed by atoms with E-state index < -0.39 is 14.1 Å². The summed E-state index contributed by atoms with van der Waals surface area (Å²) in [4.78, 5) is 0. The normalized spacial score (nSPS) is 37.5. The molecule has 0 saturated carbocycles. The van der Waals surface area contributed by atoms with Crippen molar-refractivity contribution >= 4 is 8.32 Å². The Morgan fingerprint density at radius 1 is 1.18 bits per heavy atom. The fourth-order valence-electron chi connectivity index (χ4n) is 3.64. The lowest BCUT2D eigenvalue weighted by atomic mass is 9.97. The number of rotatable bonds is 3. The minimum absolute atomic E-state index is 0.0360. The molecule has 2 heterocycles. The summed E-state index contributed by atoms with van der Waals surface area (Å²) >= 11 is 0.